The van der Waals surface area contributed by atoms with Gasteiger partial charge >= 0.3 is 0 Å². The first kappa shape index (κ1) is 12.9. The second kappa shape index (κ2) is 4.63. The Balaban J connectivity index is 2.73. The van der Waals surface area contributed by atoms with Crippen molar-refractivity contribution in [3.63, 3.8) is 0 Å². The van der Waals surface area contributed by atoms with Crippen LogP contribution in [-0.2, 0) is 5.54 Å². The van der Waals surface area contributed by atoms with E-state index in [1.807, 2.05) is 12.1 Å². The van der Waals surface area contributed by atoms with Crippen LogP contribution in [0.5, 0.6) is 0 Å². The van der Waals surface area contributed by atoms with Gasteiger partial charge in [0.05, 0.1) is 11.0 Å². The predicted octanol–water partition coefficient (Wildman–Crippen LogP) is 3.85. The quantitative estimate of drug-likeness (QED) is 0.831. The lowest BCUT2D eigenvalue weighted by Crippen LogP contribution is -2.32. The minimum atomic E-state index is 0.176. The van der Waals surface area contributed by atoms with Crippen LogP contribution in [0.2, 0.25) is 0 Å². The highest BCUT2D eigenvalue weighted by molar-refractivity contribution is 5.80. The average molecular weight is 245 g/mol. The van der Waals surface area contributed by atoms with E-state index in [2.05, 4.69) is 43.3 Å². The van der Waals surface area contributed by atoms with Gasteiger partial charge in [-0.3, -0.25) is 0 Å². The molecule has 1 heterocycles. The molecule has 0 radical (unpaired) electrons. The summed E-state index contributed by atoms with van der Waals surface area (Å²) < 4.78 is 2.40. The number of benzene rings is 1. The van der Waals surface area contributed by atoms with E-state index in [0.717, 1.165) is 36.3 Å². The van der Waals surface area contributed by atoms with Gasteiger partial charge < -0.3 is 10.3 Å². The minimum absolute atomic E-state index is 0.176. The highest BCUT2D eigenvalue weighted by Gasteiger charge is 2.29. The van der Waals surface area contributed by atoms with Gasteiger partial charge in [0.15, 0.2) is 0 Å². The Morgan fingerprint density at radius 2 is 1.78 bits per heavy atom. The molecule has 0 aliphatic rings. The Hall–Kier alpha value is -1.51. The van der Waals surface area contributed by atoms with Crippen LogP contribution in [0.25, 0.3) is 11.0 Å². The van der Waals surface area contributed by atoms with E-state index in [-0.39, 0.29) is 5.54 Å². The topological polar surface area (TPSA) is 43.8 Å². The van der Waals surface area contributed by atoms with Gasteiger partial charge in [0, 0.05) is 11.2 Å². The number of nitrogens with two attached hydrogens (primary N) is 1. The summed E-state index contributed by atoms with van der Waals surface area (Å²) in [5.74, 6) is 1.08. The van der Waals surface area contributed by atoms with E-state index in [9.17, 15) is 0 Å². The van der Waals surface area contributed by atoms with Crippen LogP contribution in [0.4, 0.5) is 5.69 Å². The molecule has 98 valence electrons. The largest absolute Gasteiger partial charge is 0.399 e. The van der Waals surface area contributed by atoms with Gasteiger partial charge in [-0.05, 0) is 44.4 Å². The number of aromatic nitrogens is 2. The third kappa shape index (κ3) is 1.78. The van der Waals surface area contributed by atoms with Crippen molar-refractivity contribution in [1.82, 2.24) is 9.55 Å². The number of anilines is 1. The molecule has 0 unspecified atom stereocenters. The molecule has 0 atom stereocenters. The first-order valence-corrected chi connectivity index (χ1v) is 6.83. The van der Waals surface area contributed by atoms with Crippen molar-refractivity contribution in [2.24, 2.45) is 0 Å². The Bertz CT molecular complexity index is 542. The Morgan fingerprint density at radius 1 is 1.17 bits per heavy atom. The van der Waals surface area contributed by atoms with Gasteiger partial charge in [-0.2, -0.15) is 0 Å². The van der Waals surface area contributed by atoms with E-state index < -0.39 is 0 Å². The number of imidazole rings is 1. The molecule has 0 bridgehead atoms. The molecule has 2 N–H and O–H groups in total. The number of aryl methyl sites for hydroxylation is 1. The number of rotatable bonds is 4. The maximum atomic E-state index is 5.84. The standard InChI is InChI=1S/C15H23N3/c1-5-15(6-2,7-3)18-11(4)17-13-10-12(16)8-9-14(13)18/h8-10H,5-7,16H2,1-4H3. The van der Waals surface area contributed by atoms with Crippen molar-refractivity contribution in [3.8, 4) is 0 Å². The Kier molecular flexibility index (Phi) is 3.33. The molecular weight excluding hydrogens is 222 g/mol. The summed E-state index contributed by atoms with van der Waals surface area (Å²) in [6, 6.07) is 6.02. The summed E-state index contributed by atoms with van der Waals surface area (Å²) in [5, 5.41) is 0. The summed E-state index contributed by atoms with van der Waals surface area (Å²) in [5.41, 5.74) is 9.00. The van der Waals surface area contributed by atoms with Gasteiger partial charge in [0.1, 0.15) is 5.82 Å². The van der Waals surface area contributed by atoms with E-state index in [1.165, 1.54) is 5.52 Å². The first-order valence-electron chi connectivity index (χ1n) is 6.83. The molecule has 0 saturated carbocycles. The molecule has 0 aliphatic heterocycles. The van der Waals surface area contributed by atoms with Crippen LogP contribution in [-0.4, -0.2) is 9.55 Å². The van der Waals surface area contributed by atoms with E-state index in [4.69, 9.17) is 5.73 Å². The zero-order valence-corrected chi connectivity index (χ0v) is 11.8. The molecule has 0 aliphatic carbocycles. The van der Waals surface area contributed by atoms with Gasteiger partial charge in [-0.25, -0.2) is 4.98 Å². The third-order valence-corrected chi connectivity index (χ3v) is 4.29. The lowest BCUT2D eigenvalue weighted by atomic mass is 9.89. The number of hydrogen-bond acceptors (Lipinski definition) is 2. The third-order valence-electron chi connectivity index (χ3n) is 4.29. The van der Waals surface area contributed by atoms with Crippen LogP contribution >= 0.6 is 0 Å². The van der Waals surface area contributed by atoms with Crippen LogP contribution in [0.15, 0.2) is 18.2 Å². The molecule has 1 aromatic carbocycles. The zero-order valence-electron chi connectivity index (χ0n) is 11.8. The van der Waals surface area contributed by atoms with Crippen molar-refractivity contribution in [1.29, 1.82) is 0 Å². The lowest BCUT2D eigenvalue weighted by molar-refractivity contribution is 0.253. The van der Waals surface area contributed by atoms with E-state index >= 15 is 0 Å². The summed E-state index contributed by atoms with van der Waals surface area (Å²) in [6.07, 6.45) is 3.37. The predicted molar refractivity (Wildman–Crippen MR) is 77.7 cm³/mol. The van der Waals surface area contributed by atoms with Crippen molar-refractivity contribution in [2.45, 2.75) is 52.5 Å². The SMILES string of the molecule is CCC(CC)(CC)n1c(C)nc2cc(N)ccc21. The van der Waals surface area contributed by atoms with Gasteiger partial charge in [-0.1, -0.05) is 20.8 Å². The molecule has 3 nitrogen and oxygen atoms in total. The van der Waals surface area contributed by atoms with Crippen molar-refractivity contribution < 1.29 is 0 Å². The summed E-state index contributed by atoms with van der Waals surface area (Å²) in [6.45, 7) is 8.87. The lowest BCUT2D eigenvalue weighted by Gasteiger charge is -2.34. The van der Waals surface area contributed by atoms with Gasteiger partial charge in [0.25, 0.3) is 0 Å². The molecule has 18 heavy (non-hydrogen) atoms. The normalized spacial score (nSPS) is 12.2. The van der Waals surface area contributed by atoms with Crippen molar-refractivity contribution in [3.05, 3.63) is 24.0 Å². The smallest absolute Gasteiger partial charge is 0.107 e. The van der Waals surface area contributed by atoms with E-state index in [0.29, 0.717) is 0 Å². The van der Waals surface area contributed by atoms with E-state index in [1.54, 1.807) is 0 Å². The van der Waals surface area contributed by atoms with Crippen LogP contribution in [0.1, 0.15) is 45.9 Å². The molecule has 2 aromatic rings. The Labute approximate surface area is 109 Å². The summed E-state index contributed by atoms with van der Waals surface area (Å²) >= 11 is 0. The van der Waals surface area contributed by atoms with Gasteiger partial charge in [-0.15, -0.1) is 0 Å². The van der Waals surface area contributed by atoms with Crippen LogP contribution in [0, 0.1) is 6.92 Å². The number of hydrogen-bond donors (Lipinski definition) is 1. The number of fused-ring (bicyclic) bond motifs is 1. The Morgan fingerprint density at radius 3 is 2.33 bits per heavy atom. The first-order chi connectivity index (χ1) is 8.57. The van der Waals surface area contributed by atoms with Crippen LogP contribution < -0.4 is 5.73 Å². The molecule has 0 amide bonds. The number of nitrogens with zero attached hydrogens (tertiary/aromatic N) is 2. The highest BCUT2D eigenvalue weighted by atomic mass is 15.1. The average Bonchev–Trinajstić information content (AvgIpc) is 2.69. The van der Waals surface area contributed by atoms with Crippen molar-refractivity contribution in [2.75, 3.05) is 5.73 Å². The summed E-state index contributed by atoms with van der Waals surface area (Å²) in [7, 11) is 0. The second-order valence-corrected chi connectivity index (χ2v) is 5.03. The molecule has 0 saturated heterocycles. The fraction of sp³-hybridized carbons (Fsp3) is 0.533. The number of nitrogen functional groups attached to an aromatic ring is 1. The molecule has 0 fully saturated rings. The monoisotopic (exact) mass is 245 g/mol. The zero-order chi connectivity index (χ0) is 13.3. The van der Waals surface area contributed by atoms with Gasteiger partial charge in [0.2, 0.25) is 0 Å². The minimum Gasteiger partial charge on any atom is -0.399 e. The highest BCUT2D eigenvalue weighted by Crippen LogP contribution is 2.34. The fourth-order valence-electron chi connectivity index (χ4n) is 3.04. The van der Waals surface area contributed by atoms with Crippen molar-refractivity contribution >= 4 is 16.7 Å². The molecule has 1 aromatic heterocycles. The second-order valence-electron chi connectivity index (χ2n) is 5.03. The maximum absolute atomic E-state index is 5.84. The molecule has 2 rings (SSSR count). The molecule has 0 spiro atoms. The fourth-order valence-corrected chi connectivity index (χ4v) is 3.04. The molecule has 3 heteroatoms. The maximum Gasteiger partial charge on any atom is 0.107 e. The van der Waals surface area contributed by atoms with Crippen LogP contribution in [0.3, 0.4) is 0 Å². The molecular formula is C15H23N3. The summed E-state index contributed by atoms with van der Waals surface area (Å²) in [4.78, 5) is 4.67.